The Morgan fingerprint density at radius 3 is 2.47 bits per heavy atom. The van der Waals surface area contributed by atoms with E-state index in [0.29, 0.717) is 18.4 Å². The molecule has 0 spiro atoms. The first-order valence-corrected chi connectivity index (χ1v) is 6.87. The molecule has 104 valence electrons. The second-order valence-corrected chi connectivity index (χ2v) is 5.58. The predicted octanol–water partition coefficient (Wildman–Crippen LogP) is 3.49. The second-order valence-electron chi connectivity index (χ2n) is 5.58. The van der Waals surface area contributed by atoms with Crippen LogP contribution in [0.2, 0.25) is 0 Å². The summed E-state index contributed by atoms with van der Waals surface area (Å²) < 4.78 is 5.46. The van der Waals surface area contributed by atoms with E-state index in [4.69, 9.17) is 10.5 Å². The van der Waals surface area contributed by atoms with E-state index in [2.05, 4.69) is 38.7 Å². The molecule has 0 radical (unpaired) electrons. The third-order valence-electron chi connectivity index (χ3n) is 4.01. The van der Waals surface area contributed by atoms with Crippen molar-refractivity contribution < 1.29 is 4.74 Å². The number of rotatable bonds is 4. The van der Waals surface area contributed by atoms with Crippen molar-refractivity contribution in [1.82, 2.24) is 4.98 Å². The molecule has 3 heteroatoms. The lowest BCUT2D eigenvalue weighted by Gasteiger charge is -2.20. The summed E-state index contributed by atoms with van der Waals surface area (Å²) in [6, 6.07) is 4.13. The normalized spacial score (nSPS) is 13.2. The summed E-state index contributed by atoms with van der Waals surface area (Å²) in [6.45, 7) is 9.39. The SMILES string of the molecule is COc1ccc(C)c2c(C(CN)C(C)C)c(C)[nH]c12. The quantitative estimate of drug-likeness (QED) is 0.884. The molecule has 19 heavy (non-hydrogen) atoms. The van der Waals surface area contributed by atoms with Gasteiger partial charge in [0.1, 0.15) is 5.75 Å². The van der Waals surface area contributed by atoms with Gasteiger partial charge in [-0.2, -0.15) is 0 Å². The van der Waals surface area contributed by atoms with Crippen molar-refractivity contribution in [3.8, 4) is 5.75 Å². The first-order valence-electron chi connectivity index (χ1n) is 6.87. The summed E-state index contributed by atoms with van der Waals surface area (Å²) in [4.78, 5) is 3.48. The van der Waals surface area contributed by atoms with Crippen LogP contribution in [-0.4, -0.2) is 18.6 Å². The number of nitrogens with two attached hydrogens (primary N) is 1. The molecule has 3 nitrogen and oxygen atoms in total. The topological polar surface area (TPSA) is 51.0 Å². The highest BCUT2D eigenvalue weighted by Crippen LogP contribution is 2.38. The minimum Gasteiger partial charge on any atom is -0.495 e. The Morgan fingerprint density at radius 1 is 1.26 bits per heavy atom. The fourth-order valence-electron chi connectivity index (χ4n) is 2.96. The van der Waals surface area contributed by atoms with E-state index in [1.807, 2.05) is 6.07 Å². The molecule has 1 atom stereocenters. The first-order chi connectivity index (χ1) is 9.01. The molecule has 2 aromatic rings. The molecule has 3 N–H and O–H groups in total. The zero-order valence-electron chi connectivity index (χ0n) is 12.5. The van der Waals surface area contributed by atoms with E-state index >= 15 is 0 Å². The Hall–Kier alpha value is -1.48. The maximum atomic E-state index is 6.00. The Bertz CT molecular complexity index is 584. The van der Waals surface area contributed by atoms with Crippen molar-refractivity contribution in [2.24, 2.45) is 11.7 Å². The summed E-state index contributed by atoms with van der Waals surface area (Å²) in [6.07, 6.45) is 0. The van der Waals surface area contributed by atoms with Crippen LogP contribution in [0.3, 0.4) is 0 Å². The van der Waals surface area contributed by atoms with Gasteiger partial charge in [-0.05, 0) is 43.5 Å². The van der Waals surface area contributed by atoms with E-state index in [1.165, 1.54) is 22.2 Å². The minimum absolute atomic E-state index is 0.375. The third-order valence-corrected chi connectivity index (χ3v) is 4.01. The number of hydrogen-bond acceptors (Lipinski definition) is 2. The lowest BCUT2D eigenvalue weighted by Crippen LogP contribution is -2.18. The van der Waals surface area contributed by atoms with Crippen molar-refractivity contribution in [2.75, 3.05) is 13.7 Å². The highest BCUT2D eigenvalue weighted by molar-refractivity contribution is 5.92. The average molecular weight is 260 g/mol. The Labute approximate surface area is 115 Å². The molecule has 0 aliphatic rings. The van der Waals surface area contributed by atoms with Gasteiger partial charge in [-0.3, -0.25) is 0 Å². The van der Waals surface area contributed by atoms with Crippen molar-refractivity contribution in [1.29, 1.82) is 0 Å². The summed E-state index contributed by atoms with van der Waals surface area (Å²) in [5, 5.41) is 1.28. The number of H-pyrrole nitrogens is 1. The fraction of sp³-hybridized carbons (Fsp3) is 0.500. The molecule has 0 fully saturated rings. The number of aromatic nitrogens is 1. The number of aromatic amines is 1. The van der Waals surface area contributed by atoms with Gasteiger partial charge in [0.2, 0.25) is 0 Å². The molecular formula is C16H24N2O. The summed E-state index contributed by atoms with van der Waals surface area (Å²) >= 11 is 0. The zero-order chi connectivity index (χ0) is 14.2. The third kappa shape index (κ3) is 2.23. The van der Waals surface area contributed by atoms with Crippen LogP contribution in [0, 0.1) is 19.8 Å². The van der Waals surface area contributed by atoms with Gasteiger partial charge in [0.15, 0.2) is 0 Å². The number of ether oxygens (including phenoxy) is 1. The number of nitrogens with one attached hydrogen (secondary N) is 1. The summed E-state index contributed by atoms with van der Waals surface area (Å²) in [7, 11) is 1.71. The van der Waals surface area contributed by atoms with Crippen molar-refractivity contribution >= 4 is 10.9 Å². The van der Waals surface area contributed by atoms with Crippen LogP contribution >= 0.6 is 0 Å². The van der Waals surface area contributed by atoms with Crippen LogP contribution in [0.5, 0.6) is 5.75 Å². The van der Waals surface area contributed by atoms with Crippen LogP contribution in [0.15, 0.2) is 12.1 Å². The van der Waals surface area contributed by atoms with Gasteiger partial charge in [0, 0.05) is 17.0 Å². The van der Waals surface area contributed by atoms with Gasteiger partial charge in [0.25, 0.3) is 0 Å². The lowest BCUT2D eigenvalue weighted by atomic mass is 9.86. The smallest absolute Gasteiger partial charge is 0.142 e. The van der Waals surface area contributed by atoms with E-state index in [9.17, 15) is 0 Å². The van der Waals surface area contributed by atoms with E-state index < -0.39 is 0 Å². The number of hydrogen-bond donors (Lipinski definition) is 2. The number of fused-ring (bicyclic) bond motifs is 1. The summed E-state index contributed by atoms with van der Waals surface area (Å²) in [5.41, 5.74) is 10.9. The predicted molar refractivity (Wildman–Crippen MR) is 81.0 cm³/mol. The van der Waals surface area contributed by atoms with Crippen molar-refractivity contribution in [3.63, 3.8) is 0 Å². The van der Waals surface area contributed by atoms with Gasteiger partial charge in [0.05, 0.1) is 12.6 Å². The largest absolute Gasteiger partial charge is 0.495 e. The molecule has 1 unspecified atom stereocenters. The molecule has 1 aromatic heterocycles. The van der Waals surface area contributed by atoms with E-state index in [-0.39, 0.29) is 0 Å². The lowest BCUT2D eigenvalue weighted by molar-refractivity contribution is 0.419. The standard InChI is InChI=1S/C16H24N2O/c1-9(2)12(8-17)15-11(4)18-16-13(19-5)7-6-10(3)14(15)16/h6-7,9,12,18H,8,17H2,1-5H3. The number of aryl methyl sites for hydroxylation is 2. The second kappa shape index (κ2) is 5.25. The van der Waals surface area contributed by atoms with Gasteiger partial charge >= 0.3 is 0 Å². The van der Waals surface area contributed by atoms with Crippen LogP contribution in [0.1, 0.15) is 36.6 Å². The molecule has 2 rings (SSSR count). The Kier molecular flexibility index (Phi) is 3.85. The monoisotopic (exact) mass is 260 g/mol. The van der Waals surface area contributed by atoms with Gasteiger partial charge < -0.3 is 15.5 Å². The van der Waals surface area contributed by atoms with E-state index in [0.717, 1.165) is 11.3 Å². The van der Waals surface area contributed by atoms with Gasteiger partial charge in [-0.1, -0.05) is 19.9 Å². The maximum absolute atomic E-state index is 6.00. The molecular weight excluding hydrogens is 236 g/mol. The zero-order valence-corrected chi connectivity index (χ0v) is 12.5. The van der Waals surface area contributed by atoms with Crippen molar-refractivity contribution in [3.05, 3.63) is 29.0 Å². The highest BCUT2D eigenvalue weighted by atomic mass is 16.5. The Balaban J connectivity index is 2.77. The van der Waals surface area contributed by atoms with Crippen molar-refractivity contribution in [2.45, 2.75) is 33.6 Å². The number of benzene rings is 1. The Morgan fingerprint density at radius 2 is 1.95 bits per heavy atom. The highest BCUT2D eigenvalue weighted by Gasteiger charge is 2.23. The number of methoxy groups -OCH3 is 1. The van der Waals surface area contributed by atoms with Gasteiger partial charge in [-0.15, -0.1) is 0 Å². The average Bonchev–Trinajstić information content (AvgIpc) is 2.69. The van der Waals surface area contributed by atoms with Crippen LogP contribution < -0.4 is 10.5 Å². The first kappa shape index (κ1) is 13.9. The molecule has 0 saturated carbocycles. The van der Waals surface area contributed by atoms with Crippen LogP contribution in [0.4, 0.5) is 0 Å². The molecule has 1 aromatic carbocycles. The molecule has 0 aliphatic heterocycles. The maximum Gasteiger partial charge on any atom is 0.142 e. The molecule has 0 amide bonds. The molecule has 0 aliphatic carbocycles. The molecule has 1 heterocycles. The fourth-order valence-corrected chi connectivity index (χ4v) is 2.96. The van der Waals surface area contributed by atoms with Crippen LogP contribution in [-0.2, 0) is 0 Å². The molecule has 0 bridgehead atoms. The minimum atomic E-state index is 0.375. The van der Waals surface area contributed by atoms with Gasteiger partial charge in [-0.25, -0.2) is 0 Å². The van der Waals surface area contributed by atoms with E-state index in [1.54, 1.807) is 7.11 Å². The van der Waals surface area contributed by atoms with Crippen LogP contribution in [0.25, 0.3) is 10.9 Å². The molecule has 0 saturated heterocycles. The summed E-state index contributed by atoms with van der Waals surface area (Å²) in [5.74, 6) is 1.79.